The van der Waals surface area contributed by atoms with Gasteiger partial charge in [-0.2, -0.15) is 0 Å². The Morgan fingerprint density at radius 3 is 2.57 bits per heavy atom. The van der Waals surface area contributed by atoms with Crippen molar-refractivity contribution in [1.82, 2.24) is 14.8 Å². The van der Waals surface area contributed by atoms with Gasteiger partial charge in [0.2, 0.25) is 0 Å². The van der Waals surface area contributed by atoms with Crippen molar-refractivity contribution in [2.75, 3.05) is 7.05 Å². The van der Waals surface area contributed by atoms with E-state index in [0.29, 0.717) is 18.1 Å². The first-order chi connectivity index (χ1) is 11.1. The highest BCUT2D eigenvalue weighted by molar-refractivity contribution is 6.07. The molecule has 4 rings (SSSR count). The van der Waals surface area contributed by atoms with E-state index in [1.807, 2.05) is 36.0 Å². The van der Waals surface area contributed by atoms with Crippen LogP contribution in [0.15, 0.2) is 30.5 Å². The van der Waals surface area contributed by atoms with Crippen molar-refractivity contribution in [3.63, 3.8) is 0 Å². The molecule has 0 spiro atoms. The van der Waals surface area contributed by atoms with Crippen LogP contribution in [0.4, 0.5) is 0 Å². The molecule has 2 bridgehead atoms. The molecule has 0 aliphatic carbocycles. The number of para-hydroxylation sites is 1. The lowest BCUT2D eigenvalue weighted by Crippen LogP contribution is -2.55. The first kappa shape index (κ1) is 14.8. The van der Waals surface area contributed by atoms with E-state index in [1.54, 1.807) is 0 Å². The van der Waals surface area contributed by atoms with Crippen LogP contribution < -0.4 is 5.32 Å². The minimum absolute atomic E-state index is 0.0782. The molecule has 2 aliphatic rings. The van der Waals surface area contributed by atoms with Gasteiger partial charge < -0.3 is 14.8 Å². The first-order valence-corrected chi connectivity index (χ1v) is 8.70. The molecule has 2 unspecified atom stereocenters. The molecule has 23 heavy (non-hydrogen) atoms. The monoisotopic (exact) mass is 311 g/mol. The maximum atomic E-state index is 12.8. The van der Waals surface area contributed by atoms with Gasteiger partial charge in [-0.05, 0) is 38.8 Å². The Labute approximate surface area is 137 Å². The fourth-order valence-corrected chi connectivity index (χ4v) is 4.52. The number of benzene rings is 1. The lowest BCUT2D eigenvalue weighted by atomic mass is 9.82. The maximum absolute atomic E-state index is 12.8. The van der Waals surface area contributed by atoms with Gasteiger partial charge in [0.25, 0.3) is 5.91 Å². The lowest BCUT2D eigenvalue weighted by Gasteiger charge is -2.47. The Bertz CT molecular complexity index is 721. The summed E-state index contributed by atoms with van der Waals surface area (Å²) in [6, 6.07) is 9.70. The minimum atomic E-state index is 0.0782. The van der Waals surface area contributed by atoms with E-state index >= 15 is 0 Å². The van der Waals surface area contributed by atoms with Gasteiger partial charge in [-0.15, -0.1) is 0 Å². The molecule has 4 heteroatoms. The van der Waals surface area contributed by atoms with Gasteiger partial charge in [0.05, 0.1) is 5.56 Å². The average Bonchev–Trinajstić information content (AvgIpc) is 2.86. The molecule has 2 aliphatic heterocycles. The average molecular weight is 311 g/mol. The molecule has 2 saturated heterocycles. The van der Waals surface area contributed by atoms with E-state index in [4.69, 9.17) is 0 Å². The van der Waals surface area contributed by atoms with E-state index in [1.165, 1.54) is 19.3 Å². The fourth-order valence-electron chi connectivity index (χ4n) is 4.52. The molecule has 2 atom stereocenters. The Kier molecular flexibility index (Phi) is 3.64. The van der Waals surface area contributed by atoms with E-state index in [9.17, 15) is 4.79 Å². The zero-order valence-corrected chi connectivity index (χ0v) is 14.0. The number of carbonyl (C=O) groups excluding carboxylic acids is 1. The van der Waals surface area contributed by atoms with E-state index in [-0.39, 0.29) is 5.91 Å². The van der Waals surface area contributed by atoms with E-state index in [0.717, 1.165) is 29.3 Å². The van der Waals surface area contributed by atoms with Crippen LogP contribution in [-0.4, -0.2) is 40.5 Å². The zero-order valence-electron chi connectivity index (χ0n) is 14.0. The molecule has 1 aromatic heterocycles. The standard InChI is InChI=1S/C19H25N3O/c1-21-12-17(16-8-3-4-9-18(16)21)19(23)20-13-10-14-6-5-7-15(11-13)22(14)2/h3-4,8-9,12-15H,5-7,10-11H2,1-2H3,(H,20,23). The van der Waals surface area contributed by atoms with Crippen LogP contribution in [0.2, 0.25) is 0 Å². The number of nitrogens with zero attached hydrogens (tertiary/aromatic N) is 2. The highest BCUT2D eigenvalue weighted by atomic mass is 16.1. The molecule has 122 valence electrons. The lowest BCUT2D eigenvalue weighted by molar-refractivity contribution is 0.0463. The number of amides is 1. The summed E-state index contributed by atoms with van der Waals surface area (Å²) in [6.07, 6.45) is 8.01. The van der Waals surface area contributed by atoms with Crippen molar-refractivity contribution in [3.8, 4) is 0 Å². The van der Waals surface area contributed by atoms with Crippen molar-refractivity contribution in [1.29, 1.82) is 0 Å². The largest absolute Gasteiger partial charge is 0.350 e. The molecule has 0 saturated carbocycles. The number of piperidine rings is 2. The number of fused-ring (bicyclic) bond motifs is 3. The fraction of sp³-hybridized carbons (Fsp3) is 0.526. The molecule has 2 fully saturated rings. The molecule has 1 amide bonds. The van der Waals surface area contributed by atoms with Crippen molar-refractivity contribution >= 4 is 16.8 Å². The van der Waals surface area contributed by atoms with Gasteiger partial charge in [0.1, 0.15) is 0 Å². The summed E-state index contributed by atoms with van der Waals surface area (Å²) >= 11 is 0. The summed E-state index contributed by atoms with van der Waals surface area (Å²) in [5, 5.41) is 4.35. The SMILES string of the molecule is CN1C2CCCC1CC(NC(=O)c1cn(C)c3ccccc13)C2. The second-order valence-electron chi connectivity index (χ2n) is 7.22. The second-order valence-corrected chi connectivity index (χ2v) is 7.22. The number of aryl methyl sites for hydroxylation is 1. The number of nitrogens with one attached hydrogen (secondary N) is 1. The quantitative estimate of drug-likeness (QED) is 0.926. The molecule has 2 aromatic rings. The highest BCUT2D eigenvalue weighted by Gasteiger charge is 2.36. The Balaban J connectivity index is 1.54. The van der Waals surface area contributed by atoms with Crippen LogP contribution in [0.25, 0.3) is 10.9 Å². The van der Waals surface area contributed by atoms with E-state index in [2.05, 4.69) is 23.3 Å². The van der Waals surface area contributed by atoms with Crippen LogP contribution in [-0.2, 0) is 7.05 Å². The van der Waals surface area contributed by atoms with Gasteiger partial charge in [-0.3, -0.25) is 4.79 Å². The van der Waals surface area contributed by atoms with Crippen LogP contribution in [0, 0.1) is 0 Å². The maximum Gasteiger partial charge on any atom is 0.253 e. The van der Waals surface area contributed by atoms with Crippen molar-refractivity contribution in [3.05, 3.63) is 36.0 Å². The summed E-state index contributed by atoms with van der Waals surface area (Å²) in [4.78, 5) is 15.3. The van der Waals surface area contributed by atoms with Gasteiger partial charge in [0.15, 0.2) is 0 Å². The summed E-state index contributed by atoms with van der Waals surface area (Å²) in [5.41, 5.74) is 1.91. The molecule has 4 nitrogen and oxygen atoms in total. The molecule has 1 N–H and O–H groups in total. The third kappa shape index (κ3) is 2.55. The van der Waals surface area contributed by atoms with Gasteiger partial charge in [0, 0.05) is 42.3 Å². The van der Waals surface area contributed by atoms with Crippen molar-refractivity contribution < 1.29 is 4.79 Å². The van der Waals surface area contributed by atoms with Crippen molar-refractivity contribution in [2.24, 2.45) is 7.05 Å². The zero-order chi connectivity index (χ0) is 16.0. The number of rotatable bonds is 2. The third-order valence-corrected chi connectivity index (χ3v) is 5.82. The highest BCUT2D eigenvalue weighted by Crippen LogP contribution is 2.33. The number of aromatic nitrogens is 1. The number of carbonyl (C=O) groups is 1. The molecular weight excluding hydrogens is 286 g/mol. The van der Waals surface area contributed by atoms with E-state index < -0.39 is 0 Å². The number of hydrogen-bond donors (Lipinski definition) is 1. The Morgan fingerprint density at radius 2 is 1.83 bits per heavy atom. The molecular formula is C19H25N3O. The number of hydrogen-bond acceptors (Lipinski definition) is 2. The smallest absolute Gasteiger partial charge is 0.253 e. The molecule has 1 aromatic carbocycles. The second kappa shape index (κ2) is 5.68. The predicted molar refractivity (Wildman–Crippen MR) is 92.6 cm³/mol. The molecule has 0 radical (unpaired) electrons. The summed E-state index contributed by atoms with van der Waals surface area (Å²) < 4.78 is 2.04. The van der Waals surface area contributed by atoms with Crippen LogP contribution in [0.5, 0.6) is 0 Å². The van der Waals surface area contributed by atoms with Gasteiger partial charge in [-0.25, -0.2) is 0 Å². The molecule has 3 heterocycles. The third-order valence-electron chi connectivity index (χ3n) is 5.82. The Hall–Kier alpha value is -1.81. The summed E-state index contributed by atoms with van der Waals surface area (Å²) in [5.74, 6) is 0.0782. The Morgan fingerprint density at radius 1 is 1.13 bits per heavy atom. The van der Waals surface area contributed by atoms with Crippen molar-refractivity contribution in [2.45, 2.75) is 50.2 Å². The summed E-state index contributed by atoms with van der Waals surface area (Å²) in [7, 11) is 4.25. The first-order valence-electron chi connectivity index (χ1n) is 8.70. The normalized spacial score (nSPS) is 28.0. The summed E-state index contributed by atoms with van der Waals surface area (Å²) in [6.45, 7) is 0. The van der Waals surface area contributed by atoms with Crippen LogP contribution >= 0.6 is 0 Å². The van der Waals surface area contributed by atoms with Gasteiger partial charge in [-0.1, -0.05) is 24.6 Å². The topological polar surface area (TPSA) is 37.3 Å². The minimum Gasteiger partial charge on any atom is -0.350 e. The van der Waals surface area contributed by atoms with Gasteiger partial charge >= 0.3 is 0 Å². The van der Waals surface area contributed by atoms with Crippen LogP contribution in [0.3, 0.4) is 0 Å². The predicted octanol–water partition coefficient (Wildman–Crippen LogP) is 2.92. The van der Waals surface area contributed by atoms with Crippen LogP contribution in [0.1, 0.15) is 42.5 Å².